The van der Waals surface area contributed by atoms with E-state index < -0.39 is 22.0 Å². The highest BCUT2D eigenvalue weighted by molar-refractivity contribution is 7.90. The van der Waals surface area contributed by atoms with Gasteiger partial charge in [-0.3, -0.25) is 9.69 Å². The molecule has 0 radical (unpaired) electrons. The number of carbonyl (C=O) groups excluding carboxylic acids is 1. The van der Waals surface area contributed by atoms with Crippen LogP contribution in [0, 0.1) is 17.8 Å². The Morgan fingerprint density at radius 3 is 2.70 bits per heavy atom. The number of sulfonamides is 1. The Morgan fingerprint density at radius 2 is 1.98 bits per heavy atom. The highest BCUT2D eigenvalue weighted by Crippen LogP contribution is 2.47. The van der Waals surface area contributed by atoms with E-state index in [2.05, 4.69) is 27.8 Å². The van der Waals surface area contributed by atoms with Crippen molar-refractivity contribution >= 4 is 33.2 Å². The van der Waals surface area contributed by atoms with Gasteiger partial charge >= 0.3 is 0 Å². The molecule has 238 valence electrons. The molecule has 2 aliphatic carbocycles. The Morgan fingerprint density at radius 1 is 1.16 bits per heavy atom. The highest BCUT2D eigenvalue weighted by Gasteiger charge is 2.44. The van der Waals surface area contributed by atoms with Crippen molar-refractivity contribution in [3.8, 4) is 5.75 Å². The van der Waals surface area contributed by atoms with E-state index in [1.807, 2.05) is 37.9 Å². The second-order valence-electron chi connectivity index (χ2n) is 13.5. The summed E-state index contributed by atoms with van der Waals surface area (Å²) in [7, 11) is -0.517. The van der Waals surface area contributed by atoms with Crippen LogP contribution in [0.3, 0.4) is 0 Å². The minimum Gasteiger partial charge on any atom is -0.490 e. The molecule has 4 aliphatic rings. The summed E-state index contributed by atoms with van der Waals surface area (Å²) in [6.45, 7) is 6.30. The molecule has 2 bridgehead atoms. The Balaban J connectivity index is 1.44. The fourth-order valence-corrected chi connectivity index (χ4v) is 9.14. The summed E-state index contributed by atoms with van der Waals surface area (Å²) in [5.74, 6) is 0.733. The smallest absolute Gasteiger partial charge is 0.264 e. The van der Waals surface area contributed by atoms with Gasteiger partial charge in [-0.2, -0.15) is 0 Å². The van der Waals surface area contributed by atoms with Crippen molar-refractivity contribution in [2.24, 2.45) is 17.8 Å². The van der Waals surface area contributed by atoms with Crippen LogP contribution >= 0.6 is 11.6 Å². The normalized spacial score (nSPS) is 30.5. The second-order valence-corrected chi connectivity index (χ2v) is 15.6. The number of fused-ring (bicyclic) bond motifs is 4. The molecule has 6 rings (SSSR count). The Labute approximate surface area is 266 Å². The maximum atomic E-state index is 13.7. The number of nitrogens with zero attached hydrogens (tertiary/aromatic N) is 2. The first-order valence-electron chi connectivity index (χ1n) is 15.8. The molecule has 1 amide bonds. The zero-order valence-electron chi connectivity index (χ0n) is 26.1. The topological polar surface area (TPSA) is 88.2 Å². The molecular weight excluding hydrogens is 598 g/mol. The number of anilines is 1. The van der Waals surface area contributed by atoms with Gasteiger partial charge in [0.2, 0.25) is 0 Å². The molecule has 0 unspecified atom stereocenters. The fraction of sp³-hybridized carbons (Fsp3) is 0.559. The number of methoxy groups -OCH3 is 1. The first-order chi connectivity index (χ1) is 21.0. The number of benzene rings is 2. The lowest BCUT2D eigenvalue weighted by atomic mass is 9.68. The highest BCUT2D eigenvalue weighted by atomic mass is 35.5. The van der Waals surface area contributed by atoms with E-state index in [-0.39, 0.29) is 22.3 Å². The van der Waals surface area contributed by atoms with Crippen LogP contribution in [0.5, 0.6) is 5.75 Å². The van der Waals surface area contributed by atoms with Crippen molar-refractivity contribution in [2.75, 3.05) is 45.3 Å². The van der Waals surface area contributed by atoms with Crippen LogP contribution in [-0.2, 0) is 31.4 Å². The number of rotatable bonds is 2. The molecule has 0 aromatic heterocycles. The predicted octanol–water partition coefficient (Wildman–Crippen LogP) is 5.19. The maximum Gasteiger partial charge on any atom is 0.264 e. The molecule has 1 saturated carbocycles. The van der Waals surface area contributed by atoms with Crippen molar-refractivity contribution in [3.63, 3.8) is 0 Å². The standard InChI is InChI=1S/C34H44ClN3O5S/c1-22(2)32-33(39)36-44(40,41)26-11-14-31-29(18-26)38(19-24-9-12-27(24)30(42-4)8-6-16-37(32)3)20-34(21-43-31)15-5-7-23-17-25(35)10-13-28(23)34/h6,8,10-11,13-14,17-18,22,24,27,30,32H,5,7,9,12,15-16,19-21H2,1-4H3,(H,36,39)/t24-,27+,30+,32-,34-/m0/s1. The Bertz CT molecular complexity index is 1550. The van der Waals surface area contributed by atoms with E-state index in [4.69, 9.17) is 21.1 Å². The number of nitrogens with one attached hydrogen (secondary N) is 1. The number of likely N-dealkylation sites (N-methyl/N-ethyl adjacent to an activating group) is 1. The largest absolute Gasteiger partial charge is 0.490 e. The number of ether oxygens (including phenoxy) is 2. The van der Waals surface area contributed by atoms with Gasteiger partial charge in [0.1, 0.15) is 5.75 Å². The van der Waals surface area contributed by atoms with Crippen LogP contribution in [0.1, 0.15) is 50.7 Å². The van der Waals surface area contributed by atoms with Crippen LogP contribution in [-0.4, -0.2) is 71.8 Å². The van der Waals surface area contributed by atoms with Crippen LogP contribution in [0.4, 0.5) is 5.69 Å². The molecule has 2 heterocycles. The molecule has 0 saturated heterocycles. The van der Waals surface area contributed by atoms with Crippen molar-refractivity contribution in [3.05, 3.63) is 64.7 Å². The van der Waals surface area contributed by atoms with Gasteiger partial charge in [-0.1, -0.05) is 43.7 Å². The van der Waals surface area contributed by atoms with E-state index in [1.165, 1.54) is 11.1 Å². The SMILES string of the molecule is CO[C@@H]1C=CCN(C)[C@@H](C(C)C)C(=O)NS(=O)(=O)c2ccc3c(c2)N(C[C@@H]2CC[C@H]21)C[C@@]1(CCCc2cc(Cl)ccc21)CO3. The first-order valence-corrected chi connectivity index (χ1v) is 17.6. The molecule has 1 spiro atoms. The molecule has 1 fully saturated rings. The average molecular weight is 642 g/mol. The minimum absolute atomic E-state index is 0.0395. The van der Waals surface area contributed by atoms with Crippen LogP contribution in [0.2, 0.25) is 5.02 Å². The lowest BCUT2D eigenvalue weighted by Gasteiger charge is -2.46. The molecule has 2 aromatic carbocycles. The number of halogens is 1. The van der Waals surface area contributed by atoms with Gasteiger partial charge in [-0.15, -0.1) is 0 Å². The van der Waals surface area contributed by atoms with E-state index in [0.29, 0.717) is 37.3 Å². The third kappa shape index (κ3) is 5.88. The monoisotopic (exact) mass is 641 g/mol. The summed E-state index contributed by atoms with van der Waals surface area (Å²) >= 11 is 6.41. The van der Waals surface area contributed by atoms with Crippen LogP contribution in [0.15, 0.2) is 53.4 Å². The molecular formula is C34H44ClN3O5S. The van der Waals surface area contributed by atoms with Gasteiger partial charge in [-0.05, 0) is 98.4 Å². The second kappa shape index (κ2) is 12.3. The van der Waals surface area contributed by atoms with Gasteiger partial charge in [0.05, 0.1) is 29.3 Å². The zero-order chi connectivity index (χ0) is 31.2. The van der Waals surface area contributed by atoms with Crippen molar-refractivity contribution in [2.45, 2.75) is 68.4 Å². The summed E-state index contributed by atoms with van der Waals surface area (Å²) in [6.07, 6.45) is 9.24. The number of hydrogen-bond acceptors (Lipinski definition) is 7. The predicted molar refractivity (Wildman–Crippen MR) is 173 cm³/mol. The Kier molecular flexibility index (Phi) is 8.78. The third-order valence-corrected chi connectivity index (χ3v) is 11.9. The van der Waals surface area contributed by atoms with Crippen LogP contribution < -0.4 is 14.4 Å². The summed E-state index contributed by atoms with van der Waals surface area (Å²) < 4.78 is 42.4. The van der Waals surface area contributed by atoms with Gasteiger partial charge in [0.15, 0.2) is 0 Å². The molecule has 8 nitrogen and oxygen atoms in total. The first kappa shape index (κ1) is 31.4. The molecule has 1 N–H and O–H groups in total. The van der Waals surface area contributed by atoms with E-state index in [9.17, 15) is 13.2 Å². The average Bonchev–Trinajstić information content (AvgIpc) is 3.10. The number of amides is 1. The number of hydrogen-bond donors (Lipinski definition) is 1. The number of carbonyl (C=O) groups is 1. The van der Waals surface area contributed by atoms with E-state index in [0.717, 1.165) is 49.4 Å². The number of aryl methyl sites for hydroxylation is 1. The molecule has 44 heavy (non-hydrogen) atoms. The zero-order valence-corrected chi connectivity index (χ0v) is 27.7. The lowest BCUT2D eigenvalue weighted by molar-refractivity contribution is -0.125. The minimum atomic E-state index is -4.13. The fourth-order valence-electron chi connectivity index (χ4n) is 7.93. The van der Waals surface area contributed by atoms with Gasteiger partial charge in [-0.25, -0.2) is 13.1 Å². The summed E-state index contributed by atoms with van der Waals surface area (Å²) in [6, 6.07) is 10.6. The third-order valence-electron chi connectivity index (χ3n) is 10.3. The quantitative estimate of drug-likeness (QED) is 0.452. The lowest BCUT2D eigenvalue weighted by Crippen LogP contribution is -2.50. The summed E-state index contributed by atoms with van der Waals surface area (Å²) in [4.78, 5) is 17.8. The summed E-state index contributed by atoms with van der Waals surface area (Å²) in [5.41, 5.74) is 3.01. The van der Waals surface area contributed by atoms with E-state index >= 15 is 0 Å². The van der Waals surface area contributed by atoms with Gasteiger partial charge in [0, 0.05) is 37.2 Å². The molecule has 2 aliphatic heterocycles. The van der Waals surface area contributed by atoms with Crippen molar-refractivity contribution in [1.82, 2.24) is 9.62 Å². The van der Waals surface area contributed by atoms with Crippen molar-refractivity contribution < 1.29 is 22.7 Å². The van der Waals surface area contributed by atoms with Gasteiger partial charge in [0.25, 0.3) is 15.9 Å². The summed E-state index contributed by atoms with van der Waals surface area (Å²) in [5, 5.41) is 0.738. The molecule has 2 aromatic rings. The van der Waals surface area contributed by atoms with Crippen LogP contribution in [0.25, 0.3) is 0 Å². The van der Waals surface area contributed by atoms with Crippen molar-refractivity contribution in [1.29, 1.82) is 0 Å². The molecule has 5 atom stereocenters. The van der Waals surface area contributed by atoms with E-state index in [1.54, 1.807) is 25.3 Å². The molecule has 10 heteroatoms. The Hall–Kier alpha value is -2.59. The maximum absolute atomic E-state index is 13.7. The van der Waals surface area contributed by atoms with Gasteiger partial charge < -0.3 is 14.4 Å².